The Kier molecular flexibility index (Phi) is 3.67. The number of anilines is 2. The summed E-state index contributed by atoms with van der Waals surface area (Å²) in [6, 6.07) is 20.9. The summed E-state index contributed by atoms with van der Waals surface area (Å²) in [5.74, 6) is 0.489. The van der Waals surface area contributed by atoms with Crippen LogP contribution >= 0.6 is 11.6 Å². The third-order valence-corrected chi connectivity index (χ3v) is 4.22. The van der Waals surface area contributed by atoms with Crippen molar-refractivity contribution in [2.24, 2.45) is 0 Å². The van der Waals surface area contributed by atoms with E-state index in [9.17, 15) is 4.79 Å². The molecule has 1 aliphatic heterocycles. The number of fused-ring (bicyclic) bond motifs is 1. The van der Waals surface area contributed by atoms with Crippen molar-refractivity contribution in [3.63, 3.8) is 0 Å². The first-order valence-electron chi connectivity index (χ1n) is 7.60. The van der Waals surface area contributed by atoms with Gasteiger partial charge in [-0.2, -0.15) is 0 Å². The molecule has 2 aromatic carbocycles. The van der Waals surface area contributed by atoms with Crippen LogP contribution in [0.25, 0.3) is 0 Å². The molecular weight excluding hydrogens is 322 g/mol. The maximum Gasteiger partial charge on any atom is 0.261 e. The fourth-order valence-electron chi connectivity index (χ4n) is 2.90. The van der Waals surface area contributed by atoms with Crippen LogP contribution in [0.1, 0.15) is 22.1 Å². The Morgan fingerprint density at radius 2 is 1.71 bits per heavy atom. The van der Waals surface area contributed by atoms with E-state index in [2.05, 4.69) is 10.3 Å². The molecule has 1 aromatic heterocycles. The van der Waals surface area contributed by atoms with Crippen molar-refractivity contribution >= 4 is 29.0 Å². The smallest absolute Gasteiger partial charge is 0.261 e. The van der Waals surface area contributed by atoms with Gasteiger partial charge in [0.2, 0.25) is 0 Å². The first-order chi connectivity index (χ1) is 11.7. The molecule has 0 unspecified atom stereocenters. The Balaban J connectivity index is 1.79. The van der Waals surface area contributed by atoms with Gasteiger partial charge in [-0.05, 0) is 30.3 Å². The zero-order valence-corrected chi connectivity index (χ0v) is 13.4. The van der Waals surface area contributed by atoms with E-state index in [1.165, 1.54) is 0 Å². The van der Waals surface area contributed by atoms with Crippen molar-refractivity contribution < 1.29 is 4.79 Å². The molecule has 24 heavy (non-hydrogen) atoms. The van der Waals surface area contributed by atoms with E-state index >= 15 is 0 Å². The van der Waals surface area contributed by atoms with E-state index in [0.717, 1.165) is 11.3 Å². The molecule has 4 rings (SSSR count). The Labute approximate surface area is 144 Å². The Bertz CT molecular complexity index is 881. The Morgan fingerprint density at radius 1 is 0.958 bits per heavy atom. The number of aromatic nitrogens is 1. The quantitative estimate of drug-likeness (QED) is 0.766. The normalized spacial score (nSPS) is 16.1. The second kappa shape index (κ2) is 5.98. The maximum atomic E-state index is 12.9. The van der Waals surface area contributed by atoms with E-state index in [0.29, 0.717) is 16.4 Å². The van der Waals surface area contributed by atoms with Crippen LogP contribution < -0.4 is 10.2 Å². The molecule has 0 radical (unpaired) electrons. The summed E-state index contributed by atoms with van der Waals surface area (Å²) in [4.78, 5) is 18.9. The molecule has 2 heterocycles. The molecule has 1 N–H and O–H groups in total. The lowest BCUT2D eigenvalue weighted by atomic mass is 10.1. The van der Waals surface area contributed by atoms with Crippen molar-refractivity contribution in [2.45, 2.75) is 6.17 Å². The van der Waals surface area contributed by atoms with Gasteiger partial charge in [-0.1, -0.05) is 48.0 Å². The third-order valence-electron chi connectivity index (χ3n) is 4.00. The minimum Gasteiger partial charge on any atom is -0.361 e. The minimum absolute atomic E-state index is 0.0751. The molecule has 0 saturated heterocycles. The lowest BCUT2D eigenvalue weighted by molar-refractivity contribution is 0.0992. The maximum absolute atomic E-state index is 12.9. The van der Waals surface area contributed by atoms with Gasteiger partial charge < -0.3 is 5.32 Å². The van der Waals surface area contributed by atoms with Crippen LogP contribution in [0, 0.1) is 0 Å². The molecular formula is C19H14ClN3O. The lowest BCUT2D eigenvalue weighted by Crippen LogP contribution is -2.32. The molecule has 1 atom stereocenters. The summed E-state index contributed by atoms with van der Waals surface area (Å²) in [7, 11) is 0. The summed E-state index contributed by atoms with van der Waals surface area (Å²) in [5, 5.41) is 3.96. The van der Waals surface area contributed by atoms with Gasteiger partial charge in [-0.3, -0.25) is 9.69 Å². The topological polar surface area (TPSA) is 45.2 Å². The van der Waals surface area contributed by atoms with E-state index in [4.69, 9.17) is 11.6 Å². The van der Waals surface area contributed by atoms with E-state index < -0.39 is 0 Å². The van der Waals surface area contributed by atoms with Gasteiger partial charge in [0, 0.05) is 23.0 Å². The van der Waals surface area contributed by atoms with Crippen LogP contribution in [0.2, 0.25) is 5.02 Å². The van der Waals surface area contributed by atoms with Crippen LogP contribution in [0.4, 0.5) is 11.5 Å². The number of hydrogen-bond donors (Lipinski definition) is 1. The highest BCUT2D eigenvalue weighted by Gasteiger charge is 2.38. The largest absolute Gasteiger partial charge is 0.361 e. The monoisotopic (exact) mass is 335 g/mol. The van der Waals surface area contributed by atoms with Crippen molar-refractivity contribution in [1.82, 2.24) is 4.98 Å². The van der Waals surface area contributed by atoms with E-state index in [1.807, 2.05) is 54.6 Å². The van der Waals surface area contributed by atoms with Gasteiger partial charge >= 0.3 is 0 Å². The van der Waals surface area contributed by atoms with Gasteiger partial charge in [-0.15, -0.1) is 0 Å². The highest BCUT2D eigenvalue weighted by atomic mass is 35.5. The molecule has 0 saturated carbocycles. The highest BCUT2D eigenvalue weighted by molar-refractivity contribution is 6.30. The average Bonchev–Trinajstić information content (AvgIpc) is 2.89. The van der Waals surface area contributed by atoms with Gasteiger partial charge in [0.15, 0.2) is 0 Å². The number of benzene rings is 2. The fourth-order valence-corrected chi connectivity index (χ4v) is 3.01. The zero-order chi connectivity index (χ0) is 16.5. The third kappa shape index (κ3) is 2.51. The minimum atomic E-state index is -0.315. The highest BCUT2D eigenvalue weighted by Crippen LogP contribution is 2.37. The summed E-state index contributed by atoms with van der Waals surface area (Å²) in [6.45, 7) is 0. The van der Waals surface area contributed by atoms with Crippen molar-refractivity contribution in [3.05, 3.63) is 89.1 Å². The fraction of sp³-hybridized carbons (Fsp3) is 0.0526. The van der Waals surface area contributed by atoms with E-state index in [-0.39, 0.29) is 12.1 Å². The second-order valence-corrected chi connectivity index (χ2v) is 5.95. The number of rotatable bonds is 3. The number of pyridine rings is 1. The van der Waals surface area contributed by atoms with Gasteiger partial charge in [-0.25, -0.2) is 4.98 Å². The van der Waals surface area contributed by atoms with Crippen molar-refractivity contribution in [3.8, 4) is 0 Å². The van der Waals surface area contributed by atoms with Crippen LogP contribution in [-0.4, -0.2) is 10.9 Å². The van der Waals surface area contributed by atoms with Gasteiger partial charge in [0.1, 0.15) is 12.0 Å². The van der Waals surface area contributed by atoms with Crippen LogP contribution in [-0.2, 0) is 0 Å². The zero-order valence-electron chi connectivity index (χ0n) is 12.7. The summed E-state index contributed by atoms with van der Waals surface area (Å²) in [5.41, 5.74) is 2.55. The number of carbonyl (C=O) groups excluding carboxylic acids is 1. The molecule has 1 aliphatic rings. The molecule has 1 amide bonds. The van der Waals surface area contributed by atoms with E-state index in [1.54, 1.807) is 23.2 Å². The number of nitrogens with one attached hydrogen (secondary N) is 1. The molecule has 0 aliphatic carbocycles. The molecule has 3 aromatic rings. The Morgan fingerprint density at radius 3 is 2.46 bits per heavy atom. The van der Waals surface area contributed by atoms with Crippen LogP contribution in [0.15, 0.2) is 72.9 Å². The molecule has 0 bridgehead atoms. The molecule has 4 nitrogen and oxygen atoms in total. The lowest BCUT2D eigenvalue weighted by Gasteiger charge is -2.26. The summed E-state index contributed by atoms with van der Waals surface area (Å²) in [6.07, 6.45) is 1.23. The number of halogens is 1. The predicted molar refractivity (Wildman–Crippen MR) is 95.3 cm³/mol. The molecule has 0 spiro atoms. The summed E-state index contributed by atoms with van der Waals surface area (Å²) < 4.78 is 0. The Hall–Kier alpha value is -2.85. The van der Waals surface area contributed by atoms with Crippen molar-refractivity contribution in [2.75, 3.05) is 10.2 Å². The number of para-hydroxylation sites is 1. The number of carbonyl (C=O) groups is 1. The first-order valence-corrected chi connectivity index (χ1v) is 7.97. The van der Waals surface area contributed by atoms with Gasteiger partial charge in [0.25, 0.3) is 5.91 Å². The second-order valence-electron chi connectivity index (χ2n) is 5.51. The molecule has 118 valence electrons. The molecule has 0 fully saturated rings. The average molecular weight is 336 g/mol. The predicted octanol–water partition coefficient (Wildman–Crippen LogP) is 4.51. The SMILES string of the molecule is O=C1c2ccccc2[C@H](Nc2ccccc2)N1c1ccc(Cl)cn1. The van der Waals surface area contributed by atoms with Crippen LogP contribution in [0.5, 0.6) is 0 Å². The number of nitrogens with zero attached hydrogens (tertiary/aromatic N) is 2. The summed E-state index contributed by atoms with van der Waals surface area (Å²) >= 11 is 5.93. The standard InChI is InChI=1S/C19H14ClN3O/c20-13-10-11-17(21-12-13)23-18(22-14-6-2-1-3-7-14)15-8-4-5-9-16(15)19(23)24/h1-12,18,22H/t18-/m1/s1. The first kappa shape index (κ1) is 14.7. The van der Waals surface area contributed by atoms with Gasteiger partial charge in [0.05, 0.1) is 5.02 Å². The van der Waals surface area contributed by atoms with Crippen molar-refractivity contribution in [1.29, 1.82) is 0 Å². The number of hydrogen-bond acceptors (Lipinski definition) is 3. The molecule has 5 heteroatoms. The van der Waals surface area contributed by atoms with Crippen LogP contribution in [0.3, 0.4) is 0 Å². The number of amides is 1.